The van der Waals surface area contributed by atoms with Gasteiger partial charge in [0.05, 0.1) is 11.4 Å². The summed E-state index contributed by atoms with van der Waals surface area (Å²) < 4.78 is 30.9. The predicted molar refractivity (Wildman–Crippen MR) is 103 cm³/mol. The van der Waals surface area contributed by atoms with Crippen molar-refractivity contribution in [3.8, 4) is 5.75 Å². The van der Waals surface area contributed by atoms with Gasteiger partial charge in [-0.3, -0.25) is 9.69 Å². The maximum Gasteiger partial charge on any atom is 0.325 e. The number of carbonyl (C=O) groups excluding carboxylic acids is 2. The molecule has 28 heavy (non-hydrogen) atoms. The van der Waals surface area contributed by atoms with E-state index in [2.05, 4.69) is 5.32 Å². The minimum atomic E-state index is -3.49. The van der Waals surface area contributed by atoms with Crippen molar-refractivity contribution in [2.45, 2.75) is 43.0 Å². The summed E-state index contributed by atoms with van der Waals surface area (Å²) in [4.78, 5) is 26.6. The minimum absolute atomic E-state index is 0.120. The Hall–Kier alpha value is -2.13. The molecule has 9 heteroatoms. The standard InChI is InChI=1S/C19H27N3O5S/c1-14-6-4-5-11-19(14)17(23)22(18(24)20-19)12-13-27-15-7-9-16(10-8-15)28(25,26)21(2)3/h7-10,14H,4-6,11-13H2,1-3H3,(H,20,24). The van der Waals surface area contributed by atoms with Crippen LogP contribution in [0.15, 0.2) is 29.2 Å². The quantitative estimate of drug-likeness (QED) is 0.723. The number of rotatable bonds is 6. The Morgan fingerprint density at radius 3 is 2.50 bits per heavy atom. The average molecular weight is 410 g/mol. The highest BCUT2D eigenvalue weighted by Gasteiger charge is 2.54. The number of amides is 3. The molecule has 2 fully saturated rings. The molecule has 1 aromatic carbocycles. The number of benzene rings is 1. The van der Waals surface area contributed by atoms with E-state index in [-0.39, 0.29) is 35.9 Å². The molecule has 0 bridgehead atoms. The average Bonchev–Trinajstić information content (AvgIpc) is 2.89. The summed E-state index contributed by atoms with van der Waals surface area (Å²) in [6.07, 6.45) is 3.62. The number of urea groups is 1. The topological polar surface area (TPSA) is 96.0 Å². The van der Waals surface area contributed by atoms with Gasteiger partial charge in [-0.25, -0.2) is 17.5 Å². The first-order valence-electron chi connectivity index (χ1n) is 9.48. The SMILES string of the molecule is CC1CCCCC12NC(=O)N(CCOc1ccc(S(=O)(=O)N(C)C)cc1)C2=O. The van der Waals surface area contributed by atoms with Crippen molar-refractivity contribution >= 4 is 22.0 Å². The van der Waals surface area contributed by atoms with Crippen LogP contribution in [0, 0.1) is 5.92 Å². The van der Waals surface area contributed by atoms with Crippen LogP contribution in [-0.2, 0) is 14.8 Å². The van der Waals surface area contributed by atoms with E-state index >= 15 is 0 Å². The van der Waals surface area contributed by atoms with Gasteiger partial charge in [-0.05, 0) is 43.0 Å². The highest BCUT2D eigenvalue weighted by atomic mass is 32.2. The second kappa shape index (κ2) is 7.71. The van der Waals surface area contributed by atoms with E-state index in [1.165, 1.54) is 31.1 Å². The molecular weight excluding hydrogens is 382 g/mol. The third kappa shape index (κ3) is 3.60. The molecule has 3 rings (SSSR count). The summed E-state index contributed by atoms with van der Waals surface area (Å²) >= 11 is 0. The van der Waals surface area contributed by atoms with Gasteiger partial charge in [0, 0.05) is 14.1 Å². The van der Waals surface area contributed by atoms with E-state index in [4.69, 9.17) is 4.74 Å². The van der Waals surface area contributed by atoms with Gasteiger partial charge in [0.15, 0.2) is 0 Å². The summed E-state index contributed by atoms with van der Waals surface area (Å²) in [5.74, 6) is 0.432. The maximum absolute atomic E-state index is 12.9. The predicted octanol–water partition coefficient (Wildman–Crippen LogP) is 1.82. The highest BCUT2D eigenvalue weighted by molar-refractivity contribution is 7.89. The molecule has 2 aliphatic rings. The van der Waals surface area contributed by atoms with Gasteiger partial charge in [-0.15, -0.1) is 0 Å². The van der Waals surface area contributed by atoms with Crippen LogP contribution in [0.25, 0.3) is 0 Å². The second-order valence-electron chi connectivity index (χ2n) is 7.61. The number of hydrogen-bond donors (Lipinski definition) is 1. The Morgan fingerprint density at radius 1 is 1.21 bits per heavy atom. The van der Waals surface area contributed by atoms with Crippen molar-refractivity contribution in [1.29, 1.82) is 0 Å². The van der Waals surface area contributed by atoms with Crippen LogP contribution in [0.3, 0.4) is 0 Å². The van der Waals surface area contributed by atoms with Gasteiger partial charge >= 0.3 is 6.03 Å². The van der Waals surface area contributed by atoms with Crippen molar-refractivity contribution in [2.75, 3.05) is 27.2 Å². The summed E-state index contributed by atoms with van der Waals surface area (Å²) in [5.41, 5.74) is -0.766. The first-order chi connectivity index (χ1) is 13.2. The van der Waals surface area contributed by atoms with Crippen molar-refractivity contribution in [3.63, 3.8) is 0 Å². The summed E-state index contributed by atoms with van der Waals surface area (Å²) in [6, 6.07) is 5.70. The lowest BCUT2D eigenvalue weighted by molar-refractivity contribution is -0.134. The molecule has 1 aromatic rings. The van der Waals surface area contributed by atoms with E-state index in [9.17, 15) is 18.0 Å². The van der Waals surface area contributed by atoms with E-state index in [0.717, 1.165) is 23.6 Å². The second-order valence-corrected chi connectivity index (χ2v) is 9.76. The number of nitrogens with zero attached hydrogens (tertiary/aromatic N) is 2. The minimum Gasteiger partial charge on any atom is -0.492 e. The van der Waals surface area contributed by atoms with Crippen LogP contribution in [0.4, 0.5) is 4.79 Å². The first kappa shape index (κ1) is 20.6. The van der Waals surface area contributed by atoms with Crippen molar-refractivity contribution in [3.05, 3.63) is 24.3 Å². The molecule has 3 amide bonds. The molecule has 1 saturated carbocycles. The Bertz CT molecular complexity index is 853. The molecule has 1 heterocycles. The van der Waals surface area contributed by atoms with Crippen LogP contribution < -0.4 is 10.1 Å². The zero-order valence-corrected chi connectivity index (χ0v) is 17.3. The van der Waals surface area contributed by atoms with E-state index < -0.39 is 15.6 Å². The van der Waals surface area contributed by atoms with Crippen LogP contribution in [0.1, 0.15) is 32.6 Å². The molecule has 2 atom stereocenters. The molecular formula is C19H27N3O5S. The molecule has 1 spiro atoms. The normalized spacial score (nSPS) is 25.4. The molecule has 0 radical (unpaired) electrons. The molecule has 1 N–H and O–H groups in total. The monoisotopic (exact) mass is 409 g/mol. The fraction of sp³-hybridized carbons (Fsp3) is 0.579. The van der Waals surface area contributed by atoms with Crippen LogP contribution in [0.2, 0.25) is 0 Å². The zero-order valence-electron chi connectivity index (χ0n) is 16.5. The third-order valence-corrected chi connectivity index (χ3v) is 7.52. The van der Waals surface area contributed by atoms with Crippen molar-refractivity contribution < 1.29 is 22.7 Å². The van der Waals surface area contributed by atoms with Crippen molar-refractivity contribution in [2.24, 2.45) is 5.92 Å². The Labute approximate surface area is 165 Å². The van der Waals surface area contributed by atoms with Crippen LogP contribution in [0.5, 0.6) is 5.75 Å². The summed E-state index contributed by atoms with van der Waals surface area (Å²) in [6.45, 7) is 2.31. The van der Waals surface area contributed by atoms with E-state index in [0.29, 0.717) is 12.2 Å². The largest absolute Gasteiger partial charge is 0.492 e. The van der Waals surface area contributed by atoms with Gasteiger partial charge in [-0.2, -0.15) is 0 Å². The Morgan fingerprint density at radius 2 is 1.89 bits per heavy atom. The van der Waals surface area contributed by atoms with Crippen LogP contribution >= 0.6 is 0 Å². The molecule has 8 nitrogen and oxygen atoms in total. The third-order valence-electron chi connectivity index (χ3n) is 5.69. The summed E-state index contributed by atoms with van der Waals surface area (Å²) in [7, 11) is -0.551. The molecule has 0 aromatic heterocycles. The van der Waals surface area contributed by atoms with Gasteiger partial charge in [0.25, 0.3) is 5.91 Å². The Kier molecular flexibility index (Phi) is 5.67. The molecule has 1 aliphatic heterocycles. The first-order valence-corrected chi connectivity index (χ1v) is 10.9. The van der Waals surface area contributed by atoms with Gasteiger partial charge in [-0.1, -0.05) is 19.8 Å². The lowest BCUT2D eigenvalue weighted by Crippen LogP contribution is -2.54. The van der Waals surface area contributed by atoms with E-state index in [1.54, 1.807) is 12.1 Å². The number of nitrogens with one attached hydrogen (secondary N) is 1. The number of hydrogen-bond acceptors (Lipinski definition) is 5. The lowest BCUT2D eigenvalue weighted by Gasteiger charge is -2.36. The zero-order chi connectivity index (χ0) is 20.5. The fourth-order valence-electron chi connectivity index (χ4n) is 3.87. The van der Waals surface area contributed by atoms with Gasteiger partial charge in [0.1, 0.15) is 17.9 Å². The smallest absolute Gasteiger partial charge is 0.325 e. The summed E-state index contributed by atoms with van der Waals surface area (Å²) in [5, 5.41) is 2.91. The number of imide groups is 1. The maximum atomic E-state index is 12.9. The highest BCUT2D eigenvalue weighted by Crippen LogP contribution is 2.38. The molecule has 154 valence electrons. The molecule has 1 aliphatic carbocycles. The fourth-order valence-corrected chi connectivity index (χ4v) is 4.77. The number of sulfonamides is 1. The Balaban J connectivity index is 1.59. The van der Waals surface area contributed by atoms with Crippen molar-refractivity contribution in [1.82, 2.24) is 14.5 Å². The van der Waals surface area contributed by atoms with Gasteiger partial charge < -0.3 is 10.1 Å². The number of ether oxygens (including phenoxy) is 1. The van der Waals surface area contributed by atoms with Crippen LogP contribution in [-0.4, -0.2) is 62.3 Å². The molecule has 2 unspecified atom stereocenters. The lowest BCUT2D eigenvalue weighted by atomic mass is 9.73. The van der Waals surface area contributed by atoms with Gasteiger partial charge in [0.2, 0.25) is 10.0 Å². The molecule has 1 saturated heterocycles. The van der Waals surface area contributed by atoms with E-state index in [1.807, 2.05) is 6.92 Å². The number of carbonyl (C=O) groups is 2.